The second-order valence-corrected chi connectivity index (χ2v) is 6.95. The van der Waals surface area contributed by atoms with E-state index < -0.39 is 9.84 Å². The quantitative estimate of drug-likeness (QED) is 0.775. The van der Waals surface area contributed by atoms with Crippen molar-refractivity contribution in [1.82, 2.24) is 9.97 Å². The summed E-state index contributed by atoms with van der Waals surface area (Å²) in [5.41, 5.74) is 9.27. The third kappa shape index (κ3) is 2.68. The highest BCUT2D eigenvalue weighted by atomic mass is 32.2. The molecule has 3 rings (SSSR count). The van der Waals surface area contributed by atoms with Crippen LogP contribution < -0.4 is 5.73 Å². The summed E-state index contributed by atoms with van der Waals surface area (Å²) in [4.78, 5) is 8.03. The lowest BCUT2D eigenvalue weighted by Crippen LogP contribution is -1.96. The van der Waals surface area contributed by atoms with Gasteiger partial charge in [0.15, 0.2) is 9.84 Å². The summed E-state index contributed by atoms with van der Waals surface area (Å²) in [5, 5.41) is 0. The van der Waals surface area contributed by atoms with Gasteiger partial charge in [0.05, 0.1) is 15.9 Å². The highest BCUT2D eigenvalue weighted by molar-refractivity contribution is 7.90. The molecule has 6 heteroatoms. The number of benzene rings is 2. The van der Waals surface area contributed by atoms with Gasteiger partial charge in [-0.15, -0.1) is 0 Å². The highest BCUT2D eigenvalue weighted by Crippen LogP contribution is 2.22. The minimum absolute atomic E-state index is 0.299. The van der Waals surface area contributed by atoms with E-state index in [1.54, 1.807) is 24.3 Å². The number of hydrogen-bond donors (Lipinski definition) is 2. The number of sulfone groups is 1. The zero-order valence-corrected chi connectivity index (χ0v) is 12.3. The van der Waals surface area contributed by atoms with E-state index in [0.717, 1.165) is 22.2 Å². The molecule has 0 spiro atoms. The van der Waals surface area contributed by atoms with Crippen LogP contribution in [0.3, 0.4) is 0 Å². The molecule has 1 aromatic heterocycles. The van der Waals surface area contributed by atoms with Gasteiger partial charge >= 0.3 is 0 Å². The normalized spacial score (nSPS) is 11.9. The van der Waals surface area contributed by atoms with Gasteiger partial charge in [0.25, 0.3) is 0 Å². The van der Waals surface area contributed by atoms with Crippen LogP contribution in [0, 0.1) is 0 Å². The van der Waals surface area contributed by atoms with Crippen molar-refractivity contribution >= 4 is 20.9 Å². The zero-order valence-electron chi connectivity index (χ0n) is 11.5. The Kier molecular flexibility index (Phi) is 3.27. The first-order valence-corrected chi connectivity index (χ1v) is 8.36. The van der Waals surface area contributed by atoms with Crippen LogP contribution >= 0.6 is 0 Å². The monoisotopic (exact) mass is 301 g/mol. The average molecular weight is 301 g/mol. The van der Waals surface area contributed by atoms with E-state index in [9.17, 15) is 8.42 Å². The van der Waals surface area contributed by atoms with E-state index in [1.165, 1.54) is 6.26 Å². The summed E-state index contributed by atoms with van der Waals surface area (Å²) < 4.78 is 22.9. The van der Waals surface area contributed by atoms with Crippen molar-refractivity contribution in [2.24, 2.45) is 5.73 Å². The van der Waals surface area contributed by atoms with Crippen molar-refractivity contribution in [2.75, 3.05) is 6.26 Å². The maximum atomic E-state index is 11.5. The van der Waals surface area contributed by atoms with Crippen molar-refractivity contribution in [3.05, 3.63) is 48.0 Å². The van der Waals surface area contributed by atoms with E-state index in [1.807, 2.05) is 18.2 Å². The van der Waals surface area contributed by atoms with Gasteiger partial charge < -0.3 is 10.7 Å². The fourth-order valence-corrected chi connectivity index (χ4v) is 2.81. The van der Waals surface area contributed by atoms with Crippen LogP contribution in [0.25, 0.3) is 22.4 Å². The maximum absolute atomic E-state index is 11.5. The molecule has 0 aliphatic carbocycles. The Morgan fingerprint density at radius 1 is 1.14 bits per heavy atom. The lowest BCUT2D eigenvalue weighted by molar-refractivity contribution is 0.602. The second kappa shape index (κ2) is 4.98. The van der Waals surface area contributed by atoms with Gasteiger partial charge in [-0.3, -0.25) is 0 Å². The fraction of sp³-hybridized carbons (Fsp3) is 0.133. The van der Waals surface area contributed by atoms with E-state index in [4.69, 9.17) is 5.73 Å². The van der Waals surface area contributed by atoms with E-state index >= 15 is 0 Å². The summed E-state index contributed by atoms with van der Waals surface area (Å²) in [6.45, 7) is 0.480. The molecule has 1 heterocycles. The molecule has 3 aromatic rings. The Labute approximate surface area is 122 Å². The Morgan fingerprint density at radius 3 is 2.48 bits per heavy atom. The molecule has 108 valence electrons. The van der Waals surface area contributed by atoms with Gasteiger partial charge in [-0.05, 0) is 42.0 Å². The second-order valence-electron chi connectivity index (χ2n) is 4.94. The number of imidazole rings is 1. The van der Waals surface area contributed by atoms with E-state index in [-0.39, 0.29) is 0 Å². The molecule has 0 fully saturated rings. The van der Waals surface area contributed by atoms with E-state index in [0.29, 0.717) is 17.3 Å². The molecule has 0 aliphatic rings. The fourth-order valence-electron chi connectivity index (χ4n) is 2.18. The largest absolute Gasteiger partial charge is 0.338 e. The molecule has 0 atom stereocenters. The first-order valence-electron chi connectivity index (χ1n) is 6.46. The topological polar surface area (TPSA) is 88.8 Å². The van der Waals surface area contributed by atoms with Gasteiger partial charge in [-0.1, -0.05) is 6.07 Å². The van der Waals surface area contributed by atoms with Crippen LogP contribution in [0.15, 0.2) is 47.4 Å². The summed E-state index contributed by atoms with van der Waals surface area (Å²) >= 11 is 0. The lowest BCUT2D eigenvalue weighted by atomic mass is 10.2. The SMILES string of the molecule is CS(=O)(=O)c1ccc(-c2nc3ccc(CN)cc3[nH]2)cc1. The van der Waals surface area contributed by atoms with Crippen molar-refractivity contribution in [3.63, 3.8) is 0 Å². The number of nitrogens with one attached hydrogen (secondary N) is 1. The summed E-state index contributed by atoms with van der Waals surface area (Å²) in [6, 6.07) is 12.5. The Hall–Kier alpha value is -2.18. The van der Waals surface area contributed by atoms with Gasteiger partial charge in [0, 0.05) is 18.4 Å². The Bertz CT molecular complexity index is 896. The molecule has 5 nitrogen and oxygen atoms in total. The molecule has 0 saturated heterocycles. The molecule has 3 N–H and O–H groups in total. The number of nitrogens with two attached hydrogens (primary N) is 1. The van der Waals surface area contributed by atoms with Crippen LogP contribution in [-0.4, -0.2) is 24.6 Å². The van der Waals surface area contributed by atoms with Crippen LogP contribution in [0.5, 0.6) is 0 Å². The standard InChI is InChI=1S/C15H15N3O2S/c1-21(19,20)12-5-3-11(4-6-12)15-17-13-7-2-10(9-16)8-14(13)18-15/h2-8H,9,16H2,1H3,(H,17,18). The third-order valence-corrected chi connectivity index (χ3v) is 4.47. The molecule has 0 radical (unpaired) electrons. The summed E-state index contributed by atoms with van der Waals surface area (Å²) in [6.07, 6.45) is 1.19. The molecule has 0 bridgehead atoms. The van der Waals surface area contributed by atoms with Gasteiger partial charge in [-0.2, -0.15) is 0 Å². The molecule has 0 aliphatic heterocycles. The number of nitrogens with zero attached hydrogens (tertiary/aromatic N) is 1. The number of hydrogen-bond acceptors (Lipinski definition) is 4. The van der Waals surface area contributed by atoms with Crippen molar-refractivity contribution < 1.29 is 8.42 Å². The molecular formula is C15H15N3O2S. The van der Waals surface area contributed by atoms with Crippen LogP contribution in [0.4, 0.5) is 0 Å². The minimum Gasteiger partial charge on any atom is -0.338 e. The maximum Gasteiger partial charge on any atom is 0.175 e. The van der Waals surface area contributed by atoms with Crippen molar-refractivity contribution in [2.45, 2.75) is 11.4 Å². The molecular weight excluding hydrogens is 286 g/mol. The predicted octanol–water partition coefficient (Wildman–Crippen LogP) is 2.09. The number of rotatable bonds is 3. The number of fused-ring (bicyclic) bond motifs is 1. The van der Waals surface area contributed by atoms with Crippen LogP contribution in [0.2, 0.25) is 0 Å². The van der Waals surface area contributed by atoms with Crippen molar-refractivity contribution in [3.8, 4) is 11.4 Å². The molecule has 0 saturated carbocycles. The zero-order chi connectivity index (χ0) is 15.0. The molecule has 21 heavy (non-hydrogen) atoms. The van der Waals surface area contributed by atoms with Crippen LogP contribution in [0.1, 0.15) is 5.56 Å². The molecule has 2 aromatic carbocycles. The highest BCUT2D eigenvalue weighted by Gasteiger charge is 2.09. The van der Waals surface area contributed by atoms with Gasteiger partial charge in [-0.25, -0.2) is 13.4 Å². The average Bonchev–Trinajstić information content (AvgIpc) is 2.89. The van der Waals surface area contributed by atoms with E-state index in [2.05, 4.69) is 9.97 Å². The number of aromatic amines is 1. The first-order chi connectivity index (χ1) is 9.97. The lowest BCUT2D eigenvalue weighted by Gasteiger charge is -2.00. The Morgan fingerprint density at radius 2 is 1.86 bits per heavy atom. The molecule has 0 amide bonds. The van der Waals surface area contributed by atoms with Crippen molar-refractivity contribution in [1.29, 1.82) is 0 Å². The summed E-state index contributed by atoms with van der Waals surface area (Å²) in [7, 11) is -3.18. The third-order valence-electron chi connectivity index (χ3n) is 3.34. The summed E-state index contributed by atoms with van der Waals surface area (Å²) in [5.74, 6) is 0.708. The minimum atomic E-state index is -3.18. The first kappa shape index (κ1) is 13.8. The van der Waals surface area contributed by atoms with Gasteiger partial charge in [0.2, 0.25) is 0 Å². The predicted molar refractivity (Wildman–Crippen MR) is 82.5 cm³/mol. The number of H-pyrrole nitrogens is 1. The van der Waals surface area contributed by atoms with Crippen LogP contribution in [-0.2, 0) is 16.4 Å². The Balaban J connectivity index is 2.04. The number of aromatic nitrogens is 2. The smallest absolute Gasteiger partial charge is 0.175 e. The molecule has 0 unspecified atom stereocenters. The van der Waals surface area contributed by atoms with Gasteiger partial charge in [0.1, 0.15) is 5.82 Å².